The fourth-order valence-corrected chi connectivity index (χ4v) is 4.28. The average Bonchev–Trinajstić information content (AvgIpc) is 2.53. The molecule has 1 heterocycles. The Morgan fingerprint density at radius 2 is 1.80 bits per heavy atom. The summed E-state index contributed by atoms with van der Waals surface area (Å²) in [6, 6.07) is 0. The van der Waals surface area contributed by atoms with Crippen LogP contribution in [0.4, 0.5) is 0 Å². The zero-order chi connectivity index (χ0) is 14.3. The van der Waals surface area contributed by atoms with Crippen molar-refractivity contribution in [3.63, 3.8) is 0 Å². The zero-order valence-electron chi connectivity index (χ0n) is 13.2. The van der Waals surface area contributed by atoms with E-state index in [9.17, 15) is 5.11 Å². The molecule has 3 heteroatoms. The molecule has 1 aliphatic carbocycles. The molecule has 0 aromatic rings. The van der Waals surface area contributed by atoms with Gasteiger partial charge in [-0.25, -0.2) is 0 Å². The van der Waals surface area contributed by atoms with Crippen LogP contribution < -0.4 is 5.32 Å². The van der Waals surface area contributed by atoms with Crippen molar-refractivity contribution in [3.05, 3.63) is 0 Å². The summed E-state index contributed by atoms with van der Waals surface area (Å²) < 4.78 is 5.15. The Bertz CT molecular complexity index is 240. The lowest BCUT2D eigenvalue weighted by atomic mass is 9.66. The van der Waals surface area contributed by atoms with E-state index >= 15 is 0 Å². The van der Waals surface area contributed by atoms with Crippen molar-refractivity contribution in [3.8, 4) is 0 Å². The number of rotatable bonds is 7. The second-order valence-corrected chi connectivity index (χ2v) is 6.82. The lowest BCUT2D eigenvalue weighted by Crippen LogP contribution is -2.51. The van der Waals surface area contributed by atoms with E-state index in [4.69, 9.17) is 4.74 Å². The van der Waals surface area contributed by atoms with E-state index in [0.717, 1.165) is 39.0 Å². The van der Waals surface area contributed by atoms with Gasteiger partial charge in [0.25, 0.3) is 0 Å². The molecule has 1 saturated heterocycles. The summed E-state index contributed by atoms with van der Waals surface area (Å²) in [4.78, 5) is 0. The lowest BCUT2D eigenvalue weighted by molar-refractivity contribution is -0.0952. The van der Waals surface area contributed by atoms with Gasteiger partial charge in [-0.05, 0) is 57.4 Å². The van der Waals surface area contributed by atoms with Gasteiger partial charge in [0, 0.05) is 26.2 Å². The van der Waals surface area contributed by atoms with Crippen LogP contribution in [0.25, 0.3) is 0 Å². The van der Waals surface area contributed by atoms with E-state index in [2.05, 4.69) is 5.32 Å². The van der Waals surface area contributed by atoms with Crippen molar-refractivity contribution in [1.82, 2.24) is 5.32 Å². The quantitative estimate of drug-likeness (QED) is 0.705. The van der Waals surface area contributed by atoms with E-state index in [1.807, 2.05) is 0 Å². The second kappa shape index (κ2) is 8.35. The summed E-state index contributed by atoms with van der Waals surface area (Å²) in [5, 5.41) is 15.0. The van der Waals surface area contributed by atoms with Crippen molar-refractivity contribution in [1.29, 1.82) is 0 Å². The minimum atomic E-state index is -0.429. The molecule has 2 N–H and O–H groups in total. The van der Waals surface area contributed by atoms with Crippen LogP contribution in [0.3, 0.4) is 0 Å². The van der Waals surface area contributed by atoms with Gasteiger partial charge in [-0.3, -0.25) is 0 Å². The summed E-state index contributed by atoms with van der Waals surface area (Å²) in [5.74, 6) is 0.991. The van der Waals surface area contributed by atoms with E-state index in [0.29, 0.717) is 11.8 Å². The van der Waals surface area contributed by atoms with Gasteiger partial charge >= 0.3 is 0 Å². The topological polar surface area (TPSA) is 41.5 Å². The third-order valence-corrected chi connectivity index (χ3v) is 5.49. The van der Waals surface area contributed by atoms with Gasteiger partial charge in [0.05, 0.1) is 5.60 Å². The molecule has 2 fully saturated rings. The maximum absolute atomic E-state index is 11.5. The first-order valence-corrected chi connectivity index (χ1v) is 8.69. The Morgan fingerprint density at radius 1 is 1.05 bits per heavy atom. The maximum Gasteiger partial charge on any atom is 0.0715 e. The minimum Gasteiger partial charge on any atom is -0.389 e. The molecule has 0 radical (unpaired) electrons. The summed E-state index contributed by atoms with van der Waals surface area (Å²) in [7, 11) is 1.76. The maximum atomic E-state index is 11.5. The van der Waals surface area contributed by atoms with E-state index < -0.39 is 5.60 Å². The molecule has 2 rings (SSSR count). The van der Waals surface area contributed by atoms with Gasteiger partial charge in [-0.2, -0.15) is 0 Å². The molecule has 0 aromatic carbocycles. The highest BCUT2D eigenvalue weighted by atomic mass is 16.5. The first-order chi connectivity index (χ1) is 9.77. The highest BCUT2D eigenvalue weighted by Gasteiger charge is 2.43. The third-order valence-electron chi connectivity index (χ3n) is 5.49. The van der Waals surface area contributed by atoms with Gasteiger partial charge in [-0.15, -0.1) is 0 Å². The van der Waals surface area contributed by atoms with Gasteiger partial charge in [0.2, 0.25) is 0 Å². The van der Waals surface area contributed by atoms with Gasteiger partial charge in [0.1, 0.15) is 0 Å². The number of unbranched alkanes of at least 4 members (excludes halogenated alkanes) is 1. The van der Waals surface area contributed by atoms with Crippen LogP contribution in [0, 0.1) is 11.8 Å². The molecule has 0 aromatic heterocycles. The summed E-state index contributed by atoms with van der Waals surface area (Å²) in [6.45, 7) is 2.96. The van der Waals surface area contributed by atoms with E-state index in [1.54, 1.807) is 7.11 Å². The number of piperidine rings is 1. The monoisotopic (exact) mass is 283 g/mol. The first-order valence-electron chi connectivity index (χ1n) is 8.69. The van der Waals surface area contributed by atoms with Crippen LogP contribution >= 0.6 is 0 Å². The number of methoxy groups -OCH3 is 1. The van der Waals surface area contributed by atoms with Crippen molar-refractivity contribution < 1.29 is 9.84 Å². The third kappa shape index (κ3) is 4.19. The van der Waals surface area contributed by atoms with Crippen molar-refractivity contribution >= 4 is 0 Å². The van der Waals surface area contributed by atoms with Gasteiger partial charge < -0.3 is 15.2 Å². The molecule has 3 nitrogen and oxygen atoms in total. The fraction of sp³-hybridized carbons (Fsp3) is 1.00. The SMILES string of the molecule is COCCCC[C@@](O)(C1CCCCC1)C1CCCNC1. The Morgan fingerprint density at radius 3 is 2.45 bits per heavy atom. The standard InChI is InChI=1S/C17H33NO2/c1-20-13-6-5-11-17(19,15-8-3-2-4-9-15)16-10-7-12-18-14-16/h15-16,18-19H,2-14H2,1H3/t16?,17-/m1/s1. The van der Waals surface area contributed by atoms with E-state index in [-0.39, 0.29) is 0 Å². The first kappa shape index (κ1) is 16.3. The highest BCUT2D eigenvalue weighted by molar-refractivity contribution is 4.95. The van der Waals surface area contributed by atoms with Crippen LogP contribution in [0.5, 0.6) is 0 Å². The summed E-state index contributed by atoms with van der Waals surface area (Å²) >= 11 is 0. The molecule has 2 atom stereocenters. The van der Waals surface area contributed by atoms with Crippen LogP contribution in [-0.4, -0.2) is 37.5 Å². The summed E-state index contributed by atoms with van der Waals surface area (Å²) in [6.07, 6.45) is 12.0. The highest BCUT2D eigenvalue weighted by Crippen LogP contribution is 2.42. The normalized spacial score (nSPS) is 28.2. The molecule has 1 unspecified atom stereocenters. The number of nitrogens with one attached hydrogen (secondary N) is 1. The van der Waals surface area contributed by atoms with Crippen molar-refractivity contribution in [2.24, 2.45) is 11.8 Å². The van der Waals surface area contributed by atoms with Crippen LogP contribution in [0.15, 0.2) is 0 Å². The second-order valence-electron chi connectivity index (χ2n) is 6.82. The van der Waals surface area contributed by atoms with E-state index in [1.165, 1.54) is 44.9 Å². The average molecular weight is 283 g/mol. The van der Waals surface area contributed by atoms with Crippen LogP contribution in [0.2, 0.25) is 0 Å². The molecule has 118 valence electrons. The zero-order valence-corrected chi connectivity index (χ0v) is 13.2. The Hall–Kier alpha value is -0.120. The molecular formula is C17H33NO2. The number of aliphatic hydroxyl groups is 1. The van der Waals surface area contributed by atoms with Crippen LogP contribution in [0.1, 0.15) is 64.2 Å². The van der Waals surface area contributed by atoms with Gasteiger partial charge in [0.15, 0.2) is 0 Å². The lowest BCUT2D eigenvalue weighted by Gasteiger charge is -2.46. The molecule has 0 spiro atoms. The van der Waals surface area contributed by atoms with Gasteiger partial charge in [-0.1, -0.05) is 19.3 Å². The molecule has 1 saturated carbocycles. The largest absolute Gasteiger partial charge is 0.389 e. The Kier molecular flexibility index (Phi) is 6.79. The Balaban J connectivity index is 1.96. The fourth-order valence-electron chi connectivity index (χ4n) is 4.28. The smallest absolute Gasteiger partial charge is 0.0715 e. The molecule has 0 bridgehead atoms. The minimum absolute atomic E-state index is 0.429. The number of hydrogen-bond acceptors (Lipinski definition) is 3. The number of hydrogen-bond donors (Lipinski definition) is 2. The van der Waals surface area contributed by atoms with Crippen molar-refractivity contribution in [2.45, 2.75) is 69.8 Å². The van der Waals surface area contributed by atoms with Crippen molar-refractivity contribution in [2.75, 3.05) is 26.8 Å². The molecular weight excluding hydrogens is 250 g/mol. The molecule has 0 amide bonds. The predicted octanol–water partition coefficient (Wildman–Crippen LogP) is 3.11. The Labute approximate surface area is 124 Å². The predicted molar refractivity (Wildman–Crippen MR) is 82.8 cm³/mol. The molecule has 1 aliphatic heterocycles. The number of ether oxygens (including phenoxy) is 1. The summed E-state index contributed by atoms with van der Waals surface area (Å²) in [5.41, 5.74) is -0.429. The molecule has 20 heavy (non-hydrogen) atoms. The van der Waals surface area contributed by atoms with Crippen LogP contribution in [-0.2, 0) is 4.74 Å². The molecule has 2 aliphatic rings.